The summed E-state index contributed by atoms with van der Waals surface area (Å²) in [6, 6.07) is 6.11. The molecule has 1 atom stereocenters. The molecule has 0 saturated heterocycles. The van der Waals surface area contributed by atoms with Gasteiger partial charge in [-0.05, 0) is 38.0 Å². The maximum atomic E-state index is 13.1. The van der Waals surface area contributed by atoms with Crippen LogP contribution in [0.15, 0.2) is 24.3 Å². The van der Waals surface area contributed by atoms with E-state index in [2.05, 4.69) is 0 Å². The fraction of sp³-hybridized carbons (Fsp3) is 0.500. The molecule has 21 heavy (non-hydrogen) atoms. The maximum Gasteiger partial charge on any atom is 0.309 e. The van der Waals surface area contributed by atoms with Gasteiger partial charge in [0, 0.05) is 13.1 Å². The fourth-order valence-corrected chi connectivity index (χ4v) is 2.04. The van der Waals surface area contributed by atoms with Crippen molar-refractivity contribution in [2.45, 2.75) is 27.2 Å². The van der Waals surface area contributed by atoms with Crippen LogP contribution in [0, 0.1) is 11.7 Å². The molecule has 1 unspecified atom stereocenters. The number of hydrogen-bond acceptors (Lipinski definition) is 3. The summed E-state index contributed by atoms with van der Waals surface area (Å²) >= 11 is 0. The Hall–Kier alpha value is -1.91. The average Bonchev–Trinajstić information content (AvgIpc) is 2.46. The SMILES string of the molecule is CCN(CC)C(=O)COC(=O)C(C)Cc1cccc(F)c1. The molecule has 0 N–H and O–H groups in total. The second-order valence-electron chi connectivity index (χ2n) is 4.91. The number of halogens is 1. The molecular weight excluding hydrogens is 273 g/mol. The zero-order chi connectivity index (χ0) is 15.8. The van der Waals surface area contributed by atoms with Crippen molar-refractivity contribution in [3.05, 3.63) is 35.6 Å². The predicted octanol–water partition coefficient (Wildman–Crippen LogP) is 2.42. The molecule has 1 aromatic rings. The molecule has 116 valence electrons. The van der Waals surface area contributed by atoms with Crippen LogP contribution in [-0.2, 0) is 20.7 Å². The lowest BCUT2D eigenvalue weighted by molar-refractivity contribution is -0.155. The number of benzene rings is 1. The van der Waals surface area contributed by atoms with E-state index in [0.717, 1.165) is 5.56 Å². The summed E-state index contributed by atoms with van der Waals surface area (Å²) in [5.41, 5.74) is 0.731. The minimum atomic E-state index is -0.445. The van der Waals surface area contributed by atoms with Gasteiger partial charge in [0.25, 0.3) is 5.91 Å². The van der Waals surface area contributed by atoms with Crippen LogP contribution >= 0.6 is 0 Å². The van der Waals surface area contributed by atoms with Crippen LogP contribution in [0.25, 0.3) is 0 Å². The normalized spacial score (nSPS) is 11.8. The van der Waals surface area contributed by atoms with Crippen LogP contribution < -0.4 is 0 Å². The first kappa shape index (κ1) is 17.1. The molecule has 0 fully saturated rings. The van der Waals surface area contributed by atoms with Crippen LogP contribution in [0.2, 0.25) is 0 Å². The van der Waals surface area contributed by atoms with Crippen LogP contribution in [0.5, 0.6) is 0 Å². The number of ether oxygens (including phenoxy) is 1. The first-order valence-electron chi connectivity index (χ1n) is 7.16. The molecule has 0 aliphatic carbocycles. The van der Waals surface area contributed by atoms with E-state index in [1.165, 1.54) is 12.1 Å². The van der Waals surface area contributed by atoms with E-state index in [1.54, 1.807) is 24.0 Å². The lowest BCUT2D eigenvalue weighted by Crippen LogP contribution is -2.35. The number of rotatable bonds is 7. The van der Waals surface area contributed by atoms with Gasteiger partial charge < -0.3 is 9.64 Å². The first-order valence-corrected chi connectivity index (χ1v) is 7.16. The van der Waals surface area contributed by atoms with Crippen molar-refractivity contribution in [3.8, 4) is 0 Å². The van der Waals surface area contributed by atoms with Gasteiger partial charge in [-0.3, -0.25) is 9.59 Å². The third-order valence-electron chi connectivity index (χ3n) is 3.29. The van der Waals surface area contributed by atoms with E-state index >= 15 is 0 Å². The van der Waals surface area contributed by atoms with E-state index in [0.29, 0.717) is 19.5 Å². The van der Waals surface area contributed by atoms with E-state index in [9.17, 15) is 14.0 Å². The van der Waals surface area contributed by atoms with E-state index in [4.69, 9.17) is 4.74 Å². The summed E-state index contributed by atoms with van der Waals surface area (Å²) in [6.45, 7) is 6.38. The van der Waals surface area contributed by atoms with Crippen molar-refractivity contribution in [1.29, 1.82) is 0 Å². The van der Waals surface area contributed by atoms with E-state index in [1.807, 2.05) is 13.8 Å². The molecule has 0 heterocycles. The van der Waals surface area contributed by atoms with Crippen LogP contribution in [0.1, 0.15) is 26.3 Å². The lowest BCUT2D eigenvalue weighted by Gasteiger charge is -2.19. The Balaban J connectivity index is 2.46. The van der Waals surface area contributed by atoms with E-state index in [-0.39, 0.29) is 18.3 Å². The third kappa shape index (κ3) is 5.53. The van der Waals surface area contributed by atoms with Crippen LogP contribution in [0.3, 0.4) is 0 Å². The van der Waals surface area contributed by atoms with Gasteiger partial charge in [-0.2, -0.15) is 0 Å². The fourth-order valence-electron chi connectivity index (χ4n) is 2.04. The summed E-state index contributed by atoms with van der Waals surface area (Å²) in [4.78, 5) is 25.2. The Morgan fingerprint density at radius 2 is 1.95 bits per heavy atom. The van der Waals surface area contributed by atoms with Crippen molar-refractivity contribution < 1.29 is 18.7 Å². The van der Waals surface area contributed by atoms with Crippen molar-refractivity contribution >= 4 is 11.9 Å². The molecular formula is C16H22FNO3. The standard InChI is InChI=1S/C16H22FNO3/c1-4-18(5-2)15(19)11-21-16(20)12(3)9-13-7-6-8-14(17)10-13/h6-8,10,12H,4-5,9,11H2,1-3H3. The van der Waals surface area contributed by atoms with Gasteiger partial charge in [0.05, 0.1) is 5.92 Å². The Bertz CT molecular complexity index is 486. The van der Waals surface area contributed by atoms with Crippen molar-refractivity contribution in [3.63, 3.8) is 0 Å². The summed E-state index contributed by atoms with van der Waals surface area (Å²) in [6.07, 6.45) is 0.385. The third-order valence-corrected chi connectivity index (χ3v) is 3.29. The van der Waals surface area contributed by atoms with Gasteiger partial charge in [-0.1, -0.05) is 19.1 Å². The second-order valence-corrected chi connectivity index (χ2v) is 4.91. The summed E-state index contributed by atoms with van der Waals surface area (Å²) in [5, 5.41) is 0. The van der Waals surface area contributed by atoms with Gasteiger partial charge in [0.15, 0.2) is 6.61 Å². The number of amides is 1. The molecule has 0 spiro atoms. The van der Waals surface area contributed by atoms with Crippen molar-refractivity contribution in [2.75, 3.05) is 19.7 Å². The average molecular weight is 295 g/mol. The molecule has 5 heteroatoms. The summed E-state index contributed by atoms with van der Waals surface area (Å²) in [7, 11) is 0. The van der Waals surface area contributed by atoms with Gasteiger partial charge in [0.1, 0.15) is 5.82 Å². The van der Waals surface area contributed by atoms with Gasteiger partial charge in [-0.15, -0.1) is 0 Å². The molecule has 1 amide bonds. The van der Waals surface area contributed by atoms with Gasteiger partial charge >= 0.3 is 5.97 Å². The highest BCUT2D eigenvalue weighted by molar-refractivity contribution is 5.81. The number of esters is 1. The predicted molar refractivity (Wildman–Crippen MR) is 78.2 cm³/mol. The second kappa shape index (κ2) is 8.39. The Kier molecular flexibility index (Phi) is 6.85. The Morgan fingerprint density at radius 3 is 2.52 bits per heavy atom. The van der Waals surface area contributed by atoms with Gasteiger partial charge in [-0.25, -0.2) is 4.39 Å². The number of nitrogens with zero attached hydrogens (tertiary/aromatic N) is 1. The number of carbonyl (C=O) groups excluding carboxylic acids is 2. The molecule has 0 aliphatic heterocycles. The highest BCUT2D eigenvalue weighted by Gasteiger charge is 2.18. The molecule has 0 aromatic heterocycles. The number of carbonyl (C=O) groups is 2. The molecule has 0 bridgehead atoms. The maximum absolute atomic E-state index is 13.1. The molecule has 0 radical (unpaired) electrons. The first-order chi connectivity index (χ1) is 9.97. The largest absolute Gasteiger partial charge is 0.455 e. The monoisotopic (exact) mass is 295 g/mol. The molecule has 4 nitrogen and oxygen atoms in total. The highest BCUT2D eigenvalue weighted by Crippen LogP contribution is 2.11. The minimum absolute atomic E-state index is 0.202. The molecule has 0 aliphatic rings. The Morgan fingerprint density at radius 1 is 1.29 bits per heavy atom. The quantitative estimate of drug-likeness (QED) is 0.726. The van der Waals surface area contributed by atoms with Crippen molar-refractivity contribution in [2.24, 2.45) is 5.92 Å². The van der Waals surface area contributed by atoms with Crippen LogP contribution in [-0.4, -0.2) is 36.5 Å². The minimum Gasteiger partial charge on any atom is -0.455 e. The molecule has 1 aromatic carbocycles. The molecule has 1 rings (SSSR count). The van der Waals surface area contributed by atoms with E-state index < -0.39 is 11.9 Å². The zero-order valence-electron chi connectivity index (χ0n) is 12.8. The summed E-state index contributed by atoms with van der Waals surface area (Å²) < 4.78 is 18.1. The summed E-state index contributed by atoms with van der Waals surface area (Å²) in [5.74, 6) is -1.40. The highest BCUT2D eigenvalue weighted by atomic mass is 19.1. The lowest BCUT2D eigenvalue weighted by atomic mass is 10.0. The Labute approximate surface area is 124 Å². The topological polar surface area (TPSA) is 46.6 Å². The molecule has 0 saturated carbocycles. The van der Waals surface area contributed by atoms with Gasteiger partial charge in [0.2, 0.25) is 0 Å². The number of hydrogen-bond donors (Lipinski definition) is 0. The smallest absolute Gasteiger partial charge is 0.309 e. The van der Waals surface area contributed by atoms with Crippen LogP contribution in [0.4, 0.5) is 4.39 Å². The van der Waals surface area contributed by atoms with Crippen molar-refractivity contribution in [1.82, 2.24) is 4.90 Å². The zero-order valence-corrected chi connectivity index (χ0v) is 12.8. The number of likely N-dealkylation sites (N-methyl/N-ethyl adjacent to an activating group) is 1.